The maximum atomic E-state index is 11.9. The molecule has 0 radical (unpaired) electrons. The Morgan fingerprint density at radius 1 is 1.08 bits per heavy atom. The van der Waals surface area contributed by atoms with Crippen LogP contribution in [0.2, 0.25) is 0 Å². The van der Waals surface area contributed by atoms with Gasteiger partial charge in [-0.05, 0) is 25.5 Å². The predicted octanol–water partition coefficient (Wildman–Crippen LogP) is 1.60. The monoisotopic (exact) mass is 412 g/mol. The number of anilines is 1. The van der Waals surface area contributed by atoms with E-state index in [9.17, 15) is 18.0 Å². The fraction of sp³-hybridized carbons (Fsp3) is 0.429. The van der Waals surface area contributed by atoms with Crippen LogP contribution in [0.25, 0.3) is 0 Å². The Morgan fingerprint density at radius 2 is 1.56 bits per heavy atom. The first-order chi connectivity index (χ1) is 11.5. The van der Waals surface area contributed by atoms with Crippen molar-refractivity contribution in [2.45, 2.75) is 29.5 Å². The number of alkyl halides is 2. The number of sulfonamides is 1. The quantitative estimate of drug-likeness (QED) is 0.393. The molecule has 1 aromatic rings. The number of benzene rings is 1. The highest BCUT2D eigenvalue weighted by molar-refractivity contribution is 7.89. The Hall–Kier alpha value is -1.55. The van der Waals surface area contributed by atoms with Gasteiger partial charge in [0.05, 0.1) is 18.9 Å². The van der Waals surface area contributed by atoms with Crippen molar-refractivity contribution in [3.05, 3.63) is 23.3 Å². The topological polar surface area (TPSA) is 139 Å². The summed E-state index contributed by atoms with van der Waals surface area (Å²) in [5.41, 5.74) is 5.32. The molecule has 8 nitrogen and oxygen atoms in total. The molecule has 0 heterocycles. The largest absolute Gasteiger partial charge is 0.465 e. The molecule has 0 amide bonds. The van der Waals surface area contributed by atoms with Gasteiger partial charge in [-0.25, -0.2) is 13.6 Å². The summed E-state index contributed by atoms with van der Waals surface area (Å²) >= 11 is 12.0. The van der Waals surface area contributed by atoms with E-state index >= 15 is 0 Å². The van der Waals surface area contributed by atoms with E-state index in [1.165, 1.54) is 6.07 Å². The van der Waals surface area contributed by atoms with Crippen molar-refractivity contribution < 1.29 is 27.5 Å². The molecule has 25 heavy (non-hydrogen) atoms. The molecule has 0 bridgehead atoms. The third-order valence-corrected chi connectivity index (χ3v) is 4.89. The number of nitrogen functional groups attached to an aromatic ring is 1. The van der Waals surface area contributed by atoms with Crippen molar-refractivity contribution in [2.75, 3.05) is 18.9 Å². The molecule has 0 aliphatic carbocycles. The molecule has 0 aromatic heterocycles. The van der Waals surface area contributed by atoms with E-state index in [-0.39, 0.29) is 30.0 Å². The number of hydrogen-bond donors (Lipinski definition) is 2. The van der Waals surface area contributed by atoms with Gasteiger partial charge in [0.2, 0.25) is 10.0 Å². The van der Waals surface area contributed by atoms with Crippen LogP contribution in [0.5, 0.6) is 0 Å². The summed E-state index contributed by atoms with van der Waals surface area (Å²) in [6, 6.07) is 2.33. The van der Waals surface area contributed by atoms with Gasteiger partial charge in [-0.3, -0.25) is 9.59 Å². The highest BCUT2D eigenvalue weighted by Crippen LogP contribution is 2.36. The molecule has 1 rings (SSSR count). The van der Waals surface area contributed by atoms with Crippen molar-refractivity contribution in [3.63, 3.8) is 0 Å². The number of carbonyl (C=O) groups excluding carboxylic acids is 2. The van der Waals surface area contributed by atoms with Gasteiger partial charge in [-0.15, -0.1) is 23.2 Å². The minimum absolute atomic E-state index is 0.0306. The summed E-state index contributed by atoms with van der Waals surface area (Å²) in [6.45, 7) is 3.28. The number of halogens is 2. The predicted molar refractivity (Wildman–Crippen MR) is 92.7 cm³/mol. The first-order valence-corrected chi connectivity index (χ1v) is 9.53. The van der Waals surface area contributed by atoms with Gasteiger partial charge in [-0.1, -0.05) is 6.07 Å². The summed E-state index contributed by atoms with van der Waals surface area (Å²) in [4.78, 5) is 23.2. The Bertz CT molecular complexity index is 769. The lowest BCUT2D eigenvalue weighted by molar-refractivity contribution is -0.143. The van der Waals surface area contributed by atoms with Crippen molar-refractivity contribution in [3.8, 4) is 0 Å². The van der Waals surface area contributed by atoms with Crippen molar-refractivity contribution in [1.82, 2.24) is 0 Å². The number of carbonyl (C=O) groups is 2. The van der Waals surface area contributed by atoms with Crippen LogP contribution in [0.4, 0.5) is 5.69 Å². The molecule has 0 spiro atoms. The Labute approximate surface area is 155 Å². The molecule has 0 aliphatic heterocycles. The van der Waals surface area contributed by atoms with Crippen LogP contribution in [0.15, 0.2) is 17.0 Å². The van der Waals surface area contributed by atoms with Crippen LogP contribution in [0.3, 0.4) is 0 Å². The van der Waals surface area contributed by atoms with E-state index in [1.54, 1.807) is 13.8 Å². The number of primary sulfonamides is 1. The second-order valence-corrected chi connectivity index (χ2v) is 7.17. The van der Waals surface area contributed by atoms with Gasteiger partial charge in [-0.2, -0.15) is 0 Å². The average molecular weight is 413 g/mol. The molecule has 1 aromatic carbocycles. The molecule has 2 atom stereocenters. The summed E-state index contributed by atoms with van der Waals surface area (Å²) in [7, 11) is -4.31. The van der Waals surface area contributed by atoms with Gasteiger partial charge in [0.1, 0.15) is 4.90 Å². The zero-order chi connectivity index (χ0) is 19.4. The molecule has 2 unspecified atom stereocenters. The van der Waals surface area contributed by atoms with Gasteiger partial charge in [0.15, 0.2) is 10.8 Å². The highest BCUT2D eigenvalue weighted by atomic mass is 35.5. The number of nitrogens with two attached hydrogens (primary N) is 2. The number of hydrogen-bond acceptors (Lipinski definition) is 7. The van der Waals surface area contributed by atoms with Crippen molar-refractivity contribution >= 4 is 50.9 Å². The fourth-order valence-electron chi connectivity index (χ4n) is 2.06. The van der Waals surface area contributed by atoms with E-state index in [0.29, 0.717) is 0 Å². The van der Waals surface area contributed by atoms with E-state index in [0.717, 1.165) is 6.07 Å². The molecule has 0 aliphatic rings. The normalized spacial score (nSPS) is 13.8. The number of esters is 2. The molecular weight excluding hydrogens is 395 g/mol. The smallest absolute Gasteiger partial charge is 0.328 e. The molecule has 0 saturated carbocycles. The maximum Gasteiger partial charge on any atom is 0.328 e. The Balaban J connectivity index is 3.54. The minimum Gasteiger partial charge on any atom is -0.465 e. The van der Waals surface area contributed by atoms with E-state index in [2.05, 4.69) is 0 Å². The highest BCUT2D eigenvalue weighted by Gasteiger charge is 2.31. The number of rotatable bonds is 7. The molecule has 4 N–H and O–H groups in total. The van der Waals surface area contributed by atoms with E-state index in [1.807, 2.05) is 0 Å². The van der Waals surface area contributed by atoms with Gasteiger partial charge in [0, 0.05) is 5.56 Å². The van der Waals surface area contributed by atoms with Crippen molar-refractivity contribution in [2.24, 2.45) is 5.14 Å². The lowest BCUT2D eigenvalue weighted by Crippen LogP contribution is -2.21. The molecule has 140 valence electrons. The zero-order valence-electron chi connectivity index (χ0n) is 13.5. The first-order valence-electron chi connectivity index (χ1n) is 7.12. The van der Waals surface area contributed by atoms with Crippen LogP contribution in [0, 0.1) is 0 Å². The number of ether oxygens (including phenoxy) is 2. The summed E-state index contributed by atoms with van der Waals surface area (Å²) in [5.74, 6) is -1.66. The minimum atomic E-state index is -4.31. The molecular formula is C14H18Cl2N2O6S. The molecule has 0 saturated heterocycles. The van der Waals surface area contributed by atoms with Crippen LogP contribution in [-0.2, 0) is 29.1 Å². The molecule has 11 heteroatoms. The first kappa shape index (κ1) is 21.5. The summed E-state index contributed by atoms with van der Waals surface area (Å²) < 4.78 is 33.3. The fourth-order valence-corrected chi connectivity index (χ4v) is 3.44. The second-order valence-electron chi connectivity index (χ2n) is 4.80. The lowest BCUT2D eigenvalue weighted by atomic mass is 10.0. The van der Waals surface area contributed by atoms with Crippen LogP contribution < -0.4 is 10.9 Å². The molecule has 0 fully saturated rings. The van der Waals surface area contributed by atoms with Gasteiger partial charge < -0.3 is 15.2 Å². The average Bonchev–Trinajstić information content (AvgIpc) is 2.51. The van der Waals surface area contributed by atoms with E-state index in [4.69, 9.17) is 43.5 Å². The Kier molecular flexibility index (Phi) is 7.48. The zero-order valence-corrected chi connectivity index (χ0v) is 15.8. The standard InChI is InChI=1S/C14H18Cl2N2O6S/c1-3-23-13(19)10(15)7-5-8(11(16)14(20)24-4-2)12(9(17)6-7)25(18,21)22/h5-6,10-11H,3-4,17H2,1-2H3,(H2,18,21,22). The van der Waals surface area contributed by atoms with Crippen LogP contribution in [0.1, 0.15) is 35.7 Å². The lowest BCUT2D eigenvalue weighted by Gasteiger charge is -2.18. The van der Waals surface area contributed by atoms with Gasteiger partial charge >= 0.3 is 11.9 Å². The third-order valence-electron chi connectivity index (χ3n) is 3.01. The summed E-state index contributed by atoms with van der Waals surface area (Å²) in [5, 5.41) is 2.37. The third kappa shape index (κ3) is 5.21. The van der Waals surface area contributed by atoms with Crippen molar-refractivity contribution in [1.29, 1.82) is 0 Å². The Morgan fingerprint density at radius 3 is 2.00 bits per heavy atom. The van der Waals surface area contributed by atoms with Crippen LogP contribution >= 0.6 is 23.2 Å². The summed E-state index contributed by atoms with van der Waals surface area (Å²) in [6.07, 6.45) is 0. The van der Waals surface area contributed by atoms with Crippen LogP contribution in [-0.4, -0.2) is 33.6 Å². The maximum absolute atomic E-state index is 11.9. The van der Waals surface area contributed by atoms with E-state index < -0.39 is 37.6 Å². The SMILES string of the molecule is CCOC(=O)C(Cl)c1cc(N)c(S(N)(=O)=O)c(C(Cl)C(=O)OCC)c1. The second kappa shape index (κ2) is 8.70. The van der Waals surface area contributed by atoms with Gasteiger partial charge in [0.25, 0.3) is 0 Å².